The third-order valence-electron chi connectivity index (χ3n) is 1.46. The fourth-order valence-electron chi connectivity index (χ4n) is 0.797. The van der Waals surface area contributed by atoms with Crippen molar-refractivity contribution in [3.63, 3.8) is 0 Å². The molecule has 1 aromatic rings. The topological polar surface area (TPSA) is 56.0 Å². The number of halogens is 3. The van der Waals surface area contributed by atoms with Crippen LogP contribution in [0.1, 0.15) is 22.3 Å². The molecule has 13 heavy (non-hydrogen) atoms. The first kappa shape index (κ1) is 10.3. The molecule has 0 radical (unpaired) electrons. The van der Waals surface area contributed by atoms with Crippen molar-refractivity contribution in [2.24, 2.45) is 0 Å². The molecule has 6 heteroatoms. The van der Waals surface area contributed by atoms with Gasteiger partial charge in [-0.15, -0.1) is 0 Å². The molecule has 1 heterocycles. The van der Waals surface area contributed by atoms with Crippen LogP contribution in [0.5, 0.6) is 0 Å². The van der Waals surface area contributed by atoms with Crippen molar-refractivity contribution < 1.29 is 13.6 Å². The smallest absolute Gasteiger partial charge is 0.266 e. The van der Waals surface area contributed by atoms with E-state index in [0.717, 1.165) is 6.20 Å². The average Bonchev–Trinajstić information content (AvgIpc) is 2.04. The molecule has 0 aromatic carbocycles. The number of nitrogen functional groups attached to an aromatic ring is 1. The highest BCUT2D eigenvalue weighted by atomic mass is 127. The molecule has 0 aliphatic rings. The largest absolute Gasteiger partial charge is 0.383 e. The molecule has 2 N–H and O–H groups in total. The van der Waals surface area contributed by atoms with E-state index in [1.54, 1.807) is 22.6 Å². The summed E-state index contributed by atoms with van der Waals surface area (Å²) in [6, 6.07) is 0. The lowest BCUT2D eigenvalue weighted by molar-refractivity contribution is 0.112. The van der Waals surface area contributed by atoms with Crippen molar-refractivity contribution in [2.75, 3.05) is 5.73 Å². The van der Waals surface area contributed by atoms with E-state index in [1.807, 2.05) is 0 Å². The van der Waals surface area contributed by atoms with Gasteiger partial charge in [0.05, 0.1) is 11.1 Å². The molecule has 1 aromatic heterocycles. The minimum Gasteiger partial charge on any atom is -0.383 e. The quantitative estimate of drug-likeness (QED) is 0.671. The van der Waals surface area contributed by atoms with Gasteiger partial charge in [-0.3, -0.25) is 4.79 Å². The van der Waals surface area contributed by atoms with Crippen LogP contribution in [0.15, 0.2) is 6.20 Å². The number of aldehydes is 1. The van der Waals surface area contributed by atoms with E-state index in [4.69, 9.17) is 5.73 Å². The molecular formula is C7H5F2IN2O. The molecule has 0 saturated carbocycles. The molecule has 1 rings (SSSR count). The molecule has 0 unspecified atom stereocenters. The molecule has 0 spiro atoms. The van der Waals surface area contributed by atoms with Crippen molar-refractivity contribution in [1.82, 2.24) is 4.98 Å². The van der Waals surface area contributed by atoms with Crippen LogP contribution in [0.4, 0.5) is 14.6 Å². The highest BCUT2D eigenvalue weighted by Crippen LogP contribution is 2.27. The monoisotopic (exact) mass is 298 g/mol. The number of carbonyl (C=O) groups is 1. The lowest BCUT2D eigenvalue weighted by atomic mass is 10.2. The molecule has 70 valence electrons. The maximum absolute atomic E-state index is 12.3. The van der Waals surface area contributed by atoms with Crippen molar-refractivity contribution in [3.8, 4) is 0 Å². The molecule has 3 nitrogen and oxygen atoms in total. The number of anilines is 1. The average molecular weight is 298 g/mol. The van der Waals surface area contributed by atoms with Crippen LogP contribution in [-0.4, -0.2) is 11.3 Å². The van der Waals surface area contributed by atoms with E-state index in [0.29, 0.717) is 6.29 Å². The standard InChI is InChI=1S/C7H5F2IN2O/c8-6(9)3-1-12-7(11)4(2-13)5(3)10/h1-2,6H,(H2,11,12). The van der Waals surface area contributed by atoms with Gasteiger partial charge in [-0.1, -0.05) is 0 Å². The van der Waals surface area contributed by atoms with Gasteiger partial charge in [0.15, 0.2) is 6.29 Å². The number of hydrogen-bond acceptors (Lipinski definition) is 3. The Morgan fingerprint density at radius 2 is 2.23 bits per heavy atom. The second kappa shape index (κ2) is 3.95. The number of nitrogens with zero attached hydrogens (tertiary/aromatic N) is 1. The van der Waals surface area contributed by atoms with E-state index in [2.05, 4.69) is 4.98 Å². The maximum atomic E-state index is 12.3. The van der Waals surface area contributed by atoms with Crippen molar-refractivity contribution in [1.29, 1.82) is 0 Å². The van der Waals surface area contributed by atoms with Gasteiger partial charge < -0.3 is 5.73 Å². The highest BCUT2D eigenvalue weighted by molar-refractivity contribution is 14.1. The number of rotatable bonds is 2. The Balaban J connectivity index is 3.35. The van der Waals surface area contributed by atoms with Gasteiger partial charge in [-0.25, -0.2) is 13.8 Å². The van der Waals surface area contributed by atoms with Gasteiger partial charge in [-0.2, -0.15) is 0 Å². The number of alkyl halides is 2. The highest BCUT2D eigenvalue weighted by Gasteiger charge is 2.16. The van der Waals surface area contributed by atoms with Crippen molar-refractivity contribution in [3.05, 3.63) is 20.9 Å². The molecule has 0 aliphatic carbocycles. The first-order chi connectivity index (χ1) is 6.07. The van der Waals surface area contributed by atoms with Crippen LogP contribution in [0.25, 0.3) is 0 Å². The van der Waals surface area contributed by atoms with E-state index in [1.165, 1.54) is 0 Å². The van der Waals surface area contributed by atoms with Gasteiger partial charge >= 0.3 is 0 Å². The third kappa shape index (κ3) is 1.93. The fourth-order valence-corrected chi connectivity index (χ4v) is 1.58. The Labute approximate surface area is 86.5 Å². The first-order valence-electron chi connectivity index (χ1n) is 3.25. The van der Waals surface area contributed by atoms with Gasteiger partial charge in [0.1, 0.15) is 5.82 Å². The van der Waals surface area contributed by atoms with E-state index in [9.17, 15) is 13.6 Å². The number of hydrogen-bond donors (Lipinski definition) is 1. The van der Waals surface area contributed by atoms with Gasteiger partial charge in [0, 0.05) is 9.77 Å². The zero-order valence-electron chi connectivity index (χ0n) is 6.30. The lowest BCUT2D eigenvalue weighted by Crippen LogP contribution is -2.03. The van der Waals surface area contributed by atoms with Crippen LogP contribution in [-0.2, 0) is 0 Å². The molecule has 0 saturated heterocycles. The third-order valence-corrected chi connectivity index (χ3v) is 2.67. The summed E-state index contributed by atoms with van der Waals surface area (Å²) < 4.78 is 24.7. The number of aromatic nitrogens is 1. The lowest BCUT2D eigenvalue weighted by Gasteiger charge is -2.06. The Morgan fingerprint density at radius 1 is 1.62 bits per heavy atom. The summed E-state index contributed by atoms with van der Waals surface area (Å²) in [5.41, 5.74) is 5.07. The zero-order valence-corrected chi connectivity index (χ0v) is 8.46. The molecule has 0 aliphatic heterocycles. The summed E-state index contributed by atoms with van der Waals surface area (Å²) in [4.78, 5) is 13.9. The van der Waals surface area contributed by atoms with E-state index >= 15 is 0 Å². The maximum Gasteiger partial charge on any atom is 0.266 e. The number of carbonyl (C=O) groups excluding carboxylic acids is 1. The molecule has 0 atom stereocenters. The molecule has 0 bridgehead atoms. The zero-order chi connectivity index (χ0) is 10.0. The Morgan fingerprint density at radius 3 is 2.69 bits per heavy atom. The normalized spacial score (nSPS) is 10.5. The summed E-state index contributed by atoms with van der Waals surface area (Å²) >= 11 is 1.65. The van der Waals surface area contributed by atoms with Crippen LogP contribution >= 0.6 is 22.6 Å². The number of pyridine rings is 1. The van der Waals surface area contributed by atoms with Crippen LogP contribution in [0, 0.1) is 3.57 Å². The Bertz CT molecular complexity index is 344. The first-order valence-corrected chi connectivity index (χ1v) is 4.33. The Kier molecular flexibility index (Phi) is 3.12. The summed E-state index contributed by atoms with van der Waals surface area (Å²) in [6.45, 7) is 0. The minimum atomic E-state index is -2.64. The second-order valence-electron chi connectivity index (χ2n) is 2.24. The van der Waals surface area contributed by atoms with Crippen molar-refractivity contribution >= 4 is 34.7 Å². The van der Waals surface area contributed by atoms with Gasteiger partial charge in [0.25, 0.3) is 6.43 Å². The van der Waals surface area contributed by atoms with Crippen molar-refractivity contribution in [2.45, 2.75) is 6.43 Å². The van der Waals surface area contributed by atoms with E-state index < -0.39 is 6.43 Å². The van der Waals surface area contributed by atoms with Crippen LogP contribution in [0.2, 0.25) is 0 Å². The van der Waals surface area contributed by atoms with Gasteiger partial charge in [0.2, 0.25) is 0 Å². The molecule has 0 amide bonds. The van der Waals surface area contributed by atoms with Crippen LogP contribution in [0.3, 0.4) is 0 Å². The SMILES string of the molecule is Nc1ncc(C(F)F)c(I)c1C=O. The summed E-state index contributed by atoms with van der Waals surface area (Å²) in [6.07, 6.45) is -1.23. The predicted octanol–water partition coefficient (Wildman–Crippen LogP) is 2.02. The fraction of sp³-hybridized carbons (Fsp3) is 0.143. The number of nitrogens with two attached hydrogens (primary N) is 1. The van der Waals surface area contributed by atoms with E-state index in [-0.39, 0.29) is 20.5 Å². The van der Waals surface area contributed by atoms with Crippen LogP contribution < -0.4 is 5.73 Å². The van der Waals surface area contributed by atoms with Gasteiger partial charge in [-0.05, 0) is 22.6 Å². The Hall–Kier alpha value is -0.790. The predicted molar refractivity (Wildman–Crippen MR) is 51.7 cm³/mol. The minimum absolute atomic E-state index is 0.0243. The summed E-state index contributed by atoms with van der Waals surface area (Å²) in [5.74, 6) is -0.0243. The summed E-state index contributed by atoms with van der Waals surface area (Å²) in [7, 11) is 0. The second-order valence-corrected chi connectivity index (χ2v) is 3.32. The molecular weight excluding hydrogens is 293 g/mol. The summed E-state index contributed by atoms with van der Waals surface area (Å²) in [5, 5.41) is 0. The molecule has 0 fully saturated rings.